The first-order valence-electron chi connectivity index (χ1n) is 11.5. The van der Waals surface area contributed by atoms with Gasteiger partial charge in [-0.05, 0) is 55.0 Å². The maximum atomic E-state index is 12.3. The number of nitrogens with one attached hydrogen (secondary N) is 3. The van der Waals surface area contributed by atoms with Crippen LogP contribution in [0.1, 0.15) is 16.8 Å². The van der Waals surface area contributed by atoms with Crippen molar-refractivity contribution in [1.82, 2.24) is 5.32 Å². The summed E-state index contributed by atoms with van der Waals surface area (Å²) in [7, 11) is 1.63. The molecule has 35 heavy (non-hydrogen) atoms. The molecule has 3 aromatic carbocycles. The van der Waals surface area contributed by atoms with Crippen molar-refractivity contribution in [3.8, 4) is 11.5 Å². The molecule has 0 unspecified atom stereocenters. The van der Waals surface area contributed by atoms with Crippen molar-refractivity contribution >= 4 is 23.2 Å². The van der Waals surface area contributed by atoms with Crippen LogP contribution in [-0.2, 0) is 9.53 Å². The van der Waals surface area contributed by atoms with Crippen molar-refractivity contribution in [2.45, 2.75) is 6.42 Å². The van der Waals surface area contributed by atoms with Gasteiger partial charge >= 0.3 is 0 Å². The Bertz CT molecular complexity index is 1060. The fourth-order valence-electron chi connectivity index (χ4n) is 3.14. The van der Waals surface area contributed by atoms with Crippen LogP contribution in [-0.4, -0.2) is 51.8 Å². The molecule has 184 valence electrons. The largest absolute Gasteiger partial charge is 0.490 e. The van der Waals surface area contributed by atoms with Crippen LogP contribution in [0, 0.1) is 0 Å². The highest BCUT2D eigenvalue weighted by molar-refractivity contribution is 5.96. The Kier molecular flexibility index (Phi) is 10.4. The lowest BCUT2D eigenvalue weighted by Crippen LogP contribution is -2.25. The van der Waals surface area contributed by atoms with Gasteiger partial charge in [0.15, 0.2) is 0 Å². The summed E-state index contributed by atoms with van der Waals surface area (Å²) >= 11 is 0. The predicted octanol–water partition coefficient (Wildman–Crippen LogP) is 3.96. The molecule has 8 heteroatoms. The molecule has 0 aliphatic heterocycles. The summed E-state index contributed by atoms with van der Waals surface area (Å²) in [6.07, 6.45) is 0.751. The van der Waals surface area contributed by atoms with Crippen LogP contribution < -0.4 is 25.4 Å². The summed E-state index contributed by atoms with van der Waals surface area (Å²) in [6, 6.07) is 23.7. The Morgan fingerprint density at radius 1 is 0.771 bits per heavy atom. The van der Waals surface area contributed by atoms with Crippen LogP contribution >= 0.6 is 0 Å². The molecule has 0 aliphatic rings. The van der Waals surface area contributed by atoms with Crippen molar-refractivity contribution in [3.05, 3.63) is 84.4 Å². The fraction of sp³-hybridized carbons (Fsp3) is 0.259. The minimum Gasteiger partial charge on any atom is -0.490 e. The average Bonchev–Trinajstić information content (AvgIpc) is 2.89. The van der Waals surface area contributed by atoms with E-state index in [0.29, 0.717) is 43.4 Å². The van der Waals surface area contributed by atoms with Crippen LogP contribution in [0.3, 0.4) is 0 Å². The molecule has 8 nitrogen and oxygen atoms in total. The highest BCUT2D eigenvalue weighted by Crippen LogP contribution is 2.17. The van der Waals surface area contributed by atoms with Crippen LogP contribution in [0.25, 0.3) is 0 Å². The first-order valence-corrected chi connectivity index (χ1v) is 11.5. The van der Waals surface area contributed by atoms with Gasteiger partial charge in [0.1, 0.15) is 24.7 Å². The van der Waals surface area contributed by atoms with Crippen LogP contribution in [0.2, 0.25) is 0 Å². The van der Waals surface area contributed by atoms with Crippen molar-refractivity contribution in [2.75, 3.05) is 50.7 Å². The van der Waals surface area contributed by atoms with Crippen molar-refractivity contribution in [2.24, 2.45) is 0 Å². The molecule has 3 rings (SSSR count). The van der Waals surface area contributed by atoms with Gasteiger partial charge in [0.05, 0.1) is 6.54 Å². The topological polar surface area (TPSA) is 97.9 Å². The molecule has 0 saturated carbocycles. The van der Waals surface area contributed by atoms with Crippen molar-refractivity contribution in [3.63, 3.8) is 0 Å². The van der Waals surface area contributed by atoms with Crippen molar-refractivity contribution in [1.29, 1.82) is 0 Å². The molecule has 0 bridgehead atoms. The number of para-hydroxylation sites is 1. The quantitative estimate of drug-likeness (QED) is 0.304. The van der Waals surface area contributed by atoms with E-state index in [1.807, 2.05) is 54.6 Å². The van der Waals surface area contributed by atoms with Gasteiger partial charge in [-0.15, -0.1) is 0 Å². The second kappa shape index (κ2) is 14.3. The average molecular weight is 478 g/mol. The summed E-state index contributed by atoms with van der Waals surface area (Å²) in [6.45, 7) is 2.06. The van der Waals surface area contributed by atoms with Gasteiger partial charge in [-0.3, -0.25) is 9.59 Å². The zero-order chi connectivity index (χ0) is 24.7. The molecule has 0 heterocycles. The molecule has 3 N–H and O–H groups in total. The zero-order valence-corrected chi connectivity index (χ0v) is 19.8. The highest BCUT2D eigenvalue weighted by Gasteiger charge is 2.07. The van der Waals surface area contributed by atoms with E-state index in [9.17, 15) is 9.59 Å². The molecule has 0 atom stereocenters. The van der Waals surface area contributed by atoms with Gasteiger partial charge in [-0.2, -0.15) is 0 Å². The van der Waals surface area contributed by atoms with E-state index in [4.69, 9.17) is 14.2 Å². The Labute approximate surface area is 205 Å². The lowest BCUT2D eigenvalue weighted by molar-refractivity contribution is -0.114. The van der Waals surface area contributed by atoms with Gasteiger partial charge in [-0.1, -0.05) is 24.3 Å². The smallest absolute Gasteiger partial charge is 0.251 e. The number of benzene rings is 3. The molecule has 0 fully saturated rings. The number of anilines is 2. The lowest BCUT2D eigenvalue weighted by atomic mass is 10.2. The Morgan fingerprint density at radius 3 is 2.23 bits per heavy atom. The summed E-state index contributed by atoms with van der Waals surface area (Å²) in [5.41, 5.74) is 1.91. The number of carbonyl (C=O) groups excluding carboxylic acids is 2. The standard InChI is InChI=1S/C27H31N3O5/c1-33-16-6-15-28-27(32)21-11-13-22(14-12-21)30-26(31)20-29-23-7-5-10-25(19-23)35-18-17-34-24-8-3-2-4-9-24/h2-5,7-14,19,29H,6,15-18,20H2,1H3,(H,28,32)(H,30,31). The maximum absolute atomic E-state index is 12.3. The number of hydrogen-bond donors (Lipinski definition) is 3. The SMILES string of the molecule is COCCCNC(=O)c1ccc(NC(=O)CNc2cccc(OCCOc3ccccc3)c2)cc1. The highest BCUT2D eigenvalue weighted by atomic mass is 16.5. The molecule has 0 aliphatic carbocycles. The van der Waals surface area contributed by atoms with E-state index in [2.05, 4.69) is 16.0 Å². The van der Waals surface area contributed by atoms with E-state index in [1.54, 1.807) is 31.4 Å². The first kappa shape index (κ1) is 25.6. The zero-order valence-electron chi connectivity index (χ0n) is 19.8. The number of amides is 2. The van der Waals surface area contributed by atoms with Gasteiger partial charge in [0.2, 0.25) is 5.91 Å². The maximum Gasteiger partial charge on any atom is 0.251 e. The van der Waals surface area contributed by atoms with Crippen LogP contribution in [0.5, 0.6) is 11.5 Å². The summed E-state index contributed by atoms with van der Waals surface area (Å²) in [5.74, 6) is 1.12. The summed E-state index contributed by atoms with van der Waals surface area (Å²) in [5, 5.41) is 8.73. The normalized spacial score (nSPS) is 10.3. The Balaban J connectivity index is 1.38. The van der Waals surface area contributed by atoms with Gasteiger partial charge < -0.3 is 30.2 Å². The van der Waals surface area contributed by atoms with E-state index in [-0.39, 0.29) is 18.4 Å². The predicted molar refractivity (Wildman–Crippen MR) is 136 cm³/mol. The molecule has 0 radical (unpaired) electrons. The fourth-order valence-corrected chi connectivity index (χ4v) is 3.14. The third-order valence-corrected chi connectivity index (χ3v) is 4.89. The Morgan fingerprint density at radius 2 is 1.49 bits per heavy atom. The van der Waals surface area contributed by atoms with E-state index in [0.717, 1.165) is 17.9 Å². The van der Waals surface area contributed by atoms with E-state index >= 15 is 0 Å². The minimum atomic E-state index is -0.204. The van der Waals surface area contributed by atoms with Gasteiger partial charge in [-0.25, -0.2) is 0 Å². The van der Waals surface area contributed by atoms with E-state index < -0.39 is 0 Å². The molecule has 3 aromatic rings. The second-order valence-electron chi connectivity index (χ2n) is 7.62. The van der Waals surface area contributed by atoms with E-state index in [1.165, 1.54) is 0 Å². The van der Waals surface area contributed by atoms with Gasteiger partial charge in [0, 0.05) is 43.3 Å². The summed E-state index contributed by atoms with van der Waals surface area (Å²) in [4.78, 5) is 24.4. The number of ether oxygens (including phenoxy) is 3. The number of rotatable bonds is 14. The monoisotopic (exact) mass is 477 g/mol. The molecule has 0 aromatic heterocycles. The summed E-state index contributed by atoms with van der Waals surface area (Å²) < 4.78 is 16.3. The molecular formula is C27H31N3O5. The number of methoxy groups -OCH3 is 1. The van der Waals surface area contributed by atoms with Crippen molar-refractivity contribution < 1.29 is 23.8 Å². The van der Waals surface area contributed by atoms with Crippen LogP contribution in [0.15, 0.2) is 78.9 Å². The molecule has 2 amide bonds. The van der Waals surface area contributed by atoms with Gasteiger partial charge in [0.25, 0.3) is 5.91 Å². The third-order valence-electron chi connectivity index (χ3n) is 4.89. The number of hydrogen-bond acceptors (Lipinski definition) is 6. The third kappa shape index (κ3) is 9.38. The Hall–Kier alpha value is -4.04. The molecular weight excluding hydrogens is 446 g/mol. The second-order valence-corrected chi connectivity index (χ2v) is 7.62. The minimum absolute atomic E-state index is 0.0856. The van der Waals surface area contributed by atoms with Crippen LogP contribution in [0.4, 0.5) is 11.4 Å². The lowest BCUT2D eigenvalue weighted by Gasteiger charge is -2.11. The number of carbonyl (C=O) groups is 2. The molecule has 0 spiro atoms. The first-order chi connectivity index (χ1) is 17.1. The molecule has 0 saturated heterocycles.